The number of aryl methyl sites for hydroxylation is 1. The summed E-state index contributed by atoms with van der Waals surface area (Å²) in [5.41, 5.74) is 0.588. The van der Waals surface area contributed by atoms with Gasteiger partial charge >= 0.3 is 5.97 Å². The van der Waals surface area contributed by atoms with E-state index in [9.17, 15) is 14.0 Å². The maximum Gasteiger partial charge on any atom is 0.305 e. The van der Waals surface area contributed by atoms with E-state index in [2.05, 4.69) is 10.4 Å². The number of hydrogen-bond acceptors (Lipinski definition) is 3. The molecule has 0 fully saturated rings. The van der Waals surface area contributed by atoms with Gasteiger partial charge in [-0.05, 0) is 23.8 Å². The van der Waals surface area contributed by atoms with Crippen molar-refractivity contribution in [1.82, 2.24) is 15.1 Å². The zero-order valence-electron chi connectivity index (χ0n) is 11.6. The molecule has 22 heavy (non-hydrogen) atoms. The Labute approximate surface area is 130 Å². The zero-order valence-corrected chi connectivity index (χ0v) is 12.3. The van der Waals surface area contributed by atoms with Crippen molar-refractivity contribution in [1.29, 1.82) is 0 Å². The smallest absolute Gasteiger partial charge is 0.305 e. The van der Waals surface area contributed by atoms with Gasteiger partial charge in [0.2, 0.25) is 0 Å². The Morgan fingerprint density at radius 1 is 1.45 bits per heavy atom. The van der Waals surface area contributed by atoms with Crippen LogP contribution in [0, 0.1) is 5.82 Å². The molecule has 1 aromatic carbocycles. The van der Waals surface area contributed by atoms with Gasteiger partial charge in [0.15, 0.2) is 0 Å². The Morgan fingerprint density at radius 3 is 2.73 bits per heavy atom. The van der Waals surface area contributed by atoms with Crippen molar-refractivity contribution in [3.8, 4) is 0 Å². The predicted octanol–water partition coefficient (Wildman–Crippen LogP) is 2.16. The van der Waals surface area contributed by atoms with Crippen LogP contribution in [0.2, 0.25) is 5.02 Å². The van der Waals surface area contributed by atoms with Crippen LogP contribution in [0.15, 0.2) is 30.5 Å². The van der Waals surface area contributed by atoms with Crippen molar-refractivity contribution in [2.24, 2.45) is 7.05 Å². The van der Waals surface area contributed by atoms with Gasteiger partial charge in [0.1, 0.15) is 11.5 Å². The molecule has 1 amide bonds. The summed E-state index contributed by atoms with van der Waals surface area (Å²) in [4.78, 5) is 23.1. The average molecular weight is 326 g/mol. The van der Waals surface area contributed by atoms with E-state index in [0.29, 0.717) is 5.56 Å². The first-order valence-corrected chi connectivity index (χ1v) is 6.72. The molecule has 6 nitrogen and oxygen atoms in total. The molecule has 2 N–H and O–H groups in total. The molecular weight excluding hydrogens is 313 g/mol. The van der Waals surface area contributed by atoms with E-state index in [1.165, 1.54) is 29.1 Å². The molecule has 116 valence electrons. The quantitative estimate of drug-likeness (QED) is 0.882. The summed E-state index contributed by atoms with van der Waals surface area (Å²) < 4.78 is 14.9. The largest absolute Gasteiger partial charge is 0.481 e. The number of benzene rings is 1. The molecule has 0 aliphatic carbocycles. The van der Waals surface area contributed by atoms with Gasteiger partial charge in [-0.3, -0.25) is 14.3 Å². The highest BCUT2D eigenvalue weighted by atomic mass is 35.5. The SMILES string of the molecule is Cn1nccc1C(=O)N[C@@H](CC(=O)O)c1ccc(Cl)c(F)c1. The van der Waals surface area contributed by atoms with Crippen molar-refractivity contribution in [3.63, 3.8) is 0 Å². The molecule has 0 radical (unpaired) electrons. The first-order valence-electron chi connectivity index (χ1n) is 6.34. The minimum atomic E-state index is -1.12. The second-order valence-corrected chi connectivity index (χ2v) is 5.04. The number of hydrogen-bond donors (Lipinski definition) is 2. The van der Waals surface area contributed by atoms with Crippen molar-refractivity contribution < 1.29 is 19.1 Å². The Bertz CT molecular complexity index is 717. The molecule has 1 heterocycles. The highest BCUT2D eigenvalue weighted by molar-refractivity contribution is 6.30. The molecule has 0 spiro atoms. The topological polar surface area (TPSA) is 84.2 Å². The Morgan fingerprint density at radius 2 is 2.18 bits per heavy atom. The molecule has 0 saturated heterocycles. The fourth-order valence-corrected chi connectivity index (χ4v) is 2.10. The van der Waals surface area contributed by atoms with Crippen molar-refractivity contribution >= 4 is 23.5 Å². The number of carbonyl (C=O) groups excluding carboxylic acids is 1. The van der Waals surface area contributed by atoms with Crippen molar-refractivity contribution in [2.75, 3.05) is 0 Å². The van der Waals surface area contributed by atoms with E-state index in [4.69, 9.17) is 16.7 Å². The van der Waals surface area contributed by atoms with E-state index in [1.54, 1.807) is 7.05 Å². The summed E-state index contributed by atoms with van der Waals surface area (Å²) in [5.74, 6) is -2.29. The maximum absolute atomic E-state index is 13.5. The third-order valence-electron chi connectivity index (χ3n) is 3.08. The van der Waals surface area contributed by atoms with Crippen LogP contribution in [0.25, 0.3) is 0 Å². The lowest BCUT2D eigenvalue weighted by molar-refractivity contribution is -0.137. The van der Waals surface area contributed by atoms with Gasteiger partial charge in [0.25, 0.3) is 5.91 Å². The fraction of sp³-hybridized carbons (Fsp3) is 0.214. The van der Waals surface area contributed by atoms with Crippen molar-refractivity contribution in [2.45, 2.75) is 12.5 Å². The van der Waals surface area contributed by atoms with Crippen LogP contribution < -0.4 is 5.32 Å². The Balaban J connectivity index is 2.26. The van der Waals surface area contributed by atoms with E-state index in [1.807, 2.05) is 0 Å². The summed E-state index contributed by atoms with van der Waals surface area (Å²) in [6, 6.07) is 4.52. The van der Waals surface area contributed by atoms with Gasteiger partial charge in [-0.15, -0.1) is 0 Å². The average Bonchev–Trinajstić information content (AvgIpc) is 2.87. The monoisotopic (exact) mass is 325 g/mol. The third kappa shape index (κ3) is 3.62. The van der Waals surface area contributed by atoms with Gasteiger partial charge in [0.05, 0.1) is 17.5 Å². The van der Waals surface area contributed by atoms with Crippen LogP contribution in [0.3, 0.4) is 0 Å². The molecule has 2 aromatic rings. The molecular formula is C14H13ClFN3O3. The molecule has 0 aliphatic heterocycles. The summed E-state index contributed by atoms with van der Waals surface area (Å²) in [7, 11) is 1.59. The first kappa shape index (κ1) is 16.0. The fourth-order valence-electron chi connectivity index (χ4n) is 1.98. The van der Waals surface area contributed by atoms with Gasteiger partial charge in [0, 0.05) is 13.2 Å². The number of halogens is 2. The summed E-state index contributed by atoms with van der Waals surface area (Å²) in [6.07, 6.45) is 1.06. The molecule has 1 aromatic heterocycles. The first-order chi connectivity index (χ1) is 10.4. The van der Waals surface area contributed by atoms with Crippen LogP contribution >= 0.6 is 11.6 Å². The lowest BCUT2D eigenvalue weighted by Crippen LogP contribution is -2.31. The number of aliphatic carboxylic acids is 1. The van der Waals surface area contributed by atoms with Gasteiger partial charge in [-0.25, -0.2) is 4.39 Å². The summed E-state index contributed by atoms with van der Waals surface area (Å²) in [5, 5.41) is 15.3. The number of carbonyl (C=O) groups is 2. The molecule has 1 atom stereocenters. The number of rotatable bonds is 5. The molecule has 0 unspecified atom stereocenters. The molecule has 0 aliphatic rings. The third-order valence-corrected chi connectivity index (χ3v) is 3.39. The van der Waals surface area contributed by atoms with Crippen LogP contribution in [-0.4, -0.2) is 26.8 Å². The highest BCUT2D eigenvalue weighted by Crippen LogP contribution is 2.23. The van der Waals surface area contributed by atoms with E-state index < -0.39 is 23.7 Å². The molecule has 8 heteroatoms. The van der Waals surface area contributed by atoms with Gasteiger partial charge in [-0.1, -0.05) is 17.7 Å². The van der Waals surface area contributed by atoms with E-state index >= 15 is 0 Å². The summed E-state index contributed by atoms with van der Waals surface area (Å²) in [6.45, 7) is 0. The minimum Gasteiger partial charge on any atom is -0.481 e. The zero-order chi connectivity index (χ0) is 16.3. The van der Waals surface area contributed by atoms with Crippen LogP contribution in [0.4, 0.5) is 4.39 Å². The van der Waals surface area contributed by atoms with Crippen LogP contribution in [-0.2, 0) is 11.8 Å². The normalized spacial score (nSPS) is 12.0. The van der Waals surface area contributed by atoms with Crippen LogP contribution in [0.1, 0.15) is 28.5 Å². The highest BCUT2D eigenvalue weighted by Gasteiger charge is 2.21. The minimum absolute atomic E-state index is 0.0733. The second-order valence-electron chi connectivity index (χ2n) is 4.64. The van der Waals surface area contributed by atoms with Gasteiger partial charge < -0.3 is 10.4 Å². The number of carboxylic acid groups (broad SMARTS) is 1. The molecule has 0 saturated carbocycles. The number of nitrogens with zero attached hydrogens (tertiary/aromatic N) is 2. The Kier molecular flexibility index (Phi) is 4.77. The molecule has 2 rings (SSSR count). The standard InChI is InChI=1S/C14H13ClFN3O3/c1-19-12(4-5-17-19)14(22)18-11(7-13(20)21)8-2-3-9(15)10(16)6-8/h2-6,11H,7H2,1H3,(H,18,22)(H,20,21)/t11-/m0/s1. The van der Waals surface area contributed by atoms with E-state index in [0.717, 1.165) is 6.07 Å². The number of aromatic nitrogens is 2. The lowest BCUT2D eigenvalue weighted by atomic mass is 10.0. The van der Waals surface area contributed by atoms with Crippen LogP contribution in [0.5, 0.6) is 0 Å². The number of amides is 1. The molecule has 0 bridgehead atoms. The number of carboxylic acids is 1. The maximum atomic E-state index is 13.5. The van der Waals surface area contributed by atoms with Crippen molar-refractivity contribution in [3.05, 3.63) is 52.6 Å². The Hall–Kier alpha value is -2.41. The summed E-state index contributed by atoms with van der Waals surface area (Å²) >= 11 is 5.61. The predicted molar refractivity (Wildman–Crippen MR) is 77.1 cm³/mol. The van der Waals surface area contributed by atoms with E-state index in [-0.39, 0.29) is 17.1 Å². The van der Waals surface area contributed by atoms with Gasteiger partial charge in [-0.2, -0.15) is 5.10 Å². The second kappa shape index (κ2) is 6.57. The number of nitrogens with one attached hydrogen (secondary N) is 1. The lowest BCUT2D eigenvalue weighted by Gasteiger charge is -2.17.